The van der Waals surface area contributed by atoms with Crippen LogP contribution in [0.4, 0.5) is 0 Å². The second-order valence-electron chi connectivity index (χ2n) is 4.47. The van der Waals surface area contributed by atoms with Gasteiger partial charge in [-0.25, -0.2) is 0 Å². The fourth-order valence-corrected chi connectivity index (χ4v) is 2.11. The number of nitrogens with zero attached hydrogens (tertiary/aromatic N) is 3. The molecule has 1 saturated heterocycles. The summed E-state index contributed by atoms with van der Waals surface area (Å²) in [4.78, 5) is 28.9. The summed E-state index contributed by atoms with van der Waals surface area (Å²) < 4.78 is 0. The van der Waals surface area contributed by atoms with Gasteiger partial charge < -0.3 is 20.0 Å². The number of likely N-dealkylation sites (N-methyl/N-ethyl adjacent to an activating group) is 1. The van der Waals surface area contributed by atoms with Crippen molar-refractivity contribution in [3.8, 4) is 0 Å². The summed E-state index contributed by atoms with van der Waals surface area (Å²) in [6, 6.07) is 0. The lowest BCUT2D eigenvalue weighted by Gasteiger charge is -2.34. The summed E-state index contributed by atoms with van der Waals surface area (Å²) in [5.41, 5.74) is 0. The summed E-state index contributed by atoms with van der Waals surface area (Å²) in [6.07, 6.45) is 0. The maximum Gasteiger partial charge on any atom is 0.312 e. The zero-order valence-electron chi connectivity index (χ0n) is 11.4. The first kappa shape index (κ1) is 15.9. The fourth-order valence-electron chi connectivity index (χ4n) is 2.11. The van der Waals surface area contributed by atoms with Gasteiger partial charge in [-0.2, -0.15) is 0 Å². The van der Waals surface area contributed by atoms with Crippen LogP contribution in [-0.2, 0) is 9.59 Å². The van der Waals surface area contributed by atoms with Crippen LogP contribution in [0.1, 0.15) is 6.92 Å². The molecule has 0 unspecified atom stereocenters. The lowest BCUT2D eigenvalue weighted by Crippen LogP contribution is -2.53. The molecular formula is C12H23N3O4. The third kappa shape index (κ3) is 4.45. The minimum Gasteiger partial charge on any atom is -0.395 e. The van der Waals surface area contributed by atoms with E-state index in [1.165, 1.54) is 9.80 Å². The van der Waals surface area contributed by atoms with Crippen LogP contribution in [0.3, 0.4) is 0 Å². The Morgan fingerprint density at radius 2 is 1.74 bits per heavy atom. The van der Waals surface area contributed by atoms with Crippen molar-refractivity contribution in [2.24, 2.45) is 0 Å². The van der Waals surface area contributed by atoms with Gasteiger partial charge in [-0.1, -0.05) is 0 Å². The molecule has 110 valence electrons. The van der Waals surface area contributed by atoms with Gasteiger partial charge in [0.25, 0.3) is 0 Å². The molecule has 1 heterocycles. The van der Waals surface area contributed by atoms with E-state index < -0.39 is 11.8 Å². The van der Waals surface area contributed by atoms with E-state index in [0.29, 0.717) is 39.3 Å². The normalized spacial score (nSPS) is 16.5. The summed E-state index contributed by atoms with van der Waals surface area (Å²) in [6.45, 7) is 5.28. The van der Waals surface area contributed by atoms with Gasteiger partial charge in [0.1, 0.15) is 0 Å². The standard InChI is InChI=1S/C12H23N3O4/c1-2-14(8-10-17)11(18)12(19)15-5-3-13(4-6-15)7-9-16/h16-17H,2-10H2,1H3. The van der Waals surface area contributed by atoms with Crippen LogP contribution in [0.5, 0.6) is 0 Å². The first-order chi connectivity index (χ1) is 9.13. The van der Waals surface area contributed by atoms with Gasteiger partial charge in [-0.3, -0.25) is 14.5 Å². The Morgan fingerprint density at radius 3 is 2.21 bits per heavy atom. The van der Waals surface area contributed by atoms with Crippen molar-refractivity contribution in [1.29, 1.82) is 0 Å². The van der Waals surface area contributed by atoms with Crippen LogP contribution >= 0.6 is 0 Å². The highest BCUT2D eigenvalue weighted by molar-refractivity contribution is 6.34. The highest BCUT2D eigenvalue weighted by Crippen LogP contribution is 2.03. The van der Waals surface area contributed by atoms with E-state index in [4.69, 9.17) is 10.2 Å². The lowest BCUT2D eigenvalue weighted by molar-refractivity contribution is -0.153. The average Bonchev–Trinajstić information content (AvgIpc) is 2.44. The van der Waals surface area contributed by atoms with Crippen LogP contribution in [0.2, 0.25) is 0 Å². The maximum absolute atomic E-state index is 12.0. The van der Waals surface area contributed by atoms with E-state index in [0.717, 1.165) is 0 Å². The Morgan fingerprint density at radius 1 is 1.11 bits per heavy atom. The number of β-amino-alcohol motifs (C(OH)–C–C–N with tert-alkyl or cyclic N) is 1. The summed E-state index contributed by atoms with van der Waals surface area (Å²) >= 11 is 0. The Labute approximate surface area is 113 Å². The number of aliphatic hydroxyl groups is 2. The lowest BCUT2D eigenvalue weighted by atomic mass is 10.3. The van der Waals surface area contributed by atoms with E-state index in [1.807, 2.05) is 0 Å². The van der Waals surface area contributed by atoms with Gasteiger partial charge in [0.15, 0.2) is 0 Å². The first-order valence-corrected chi connectivity index (χ1v) is 6.66. The van der Waals surface area contributed by atoms with Gasteiger partial charge in [-0.15, -0.1) is 0 Å². The predicted octanol–water partition coefficient (Wildman–Crippen LogP) is -2.04. The van der Waals surface area contributed by atoms with Crippen molar-refractivity contribution in [2.45, 2.75) is 6.92 Å². The van der Waals surface area contributed by atoms with E-state index >= 15 is 0 Å². The number of carbonyl (C=O) groups is 2. The SMILES string of the molecule is CCN(CCO)C(=O)C(=O)N1CCN(CCO)CC1. The second-order valence-corrected chi connectivity index (χ2v) is 4.47. The van der Waals surface area contributed by atoms with Crippen LogP contribution < -0.4 is 0 Å². The number of piperazine rings is 1. The molecule has 1 rings (SSSR count). The van der Waals surface area contributed by atoms with Crippen molar-refractivity contribution in [1.82, 2.24) is 14.7 Å². The third-order valence-corrected chi connectivity index (χ3v) is 3.30. The quantitative estimate of drug-likeness (QED) is 0.564. The van der Waals surface area contributed by atoms with Crippen molar-refractivity contribution in [2.75, 3.05) is 59.0 Å². The van der Waals surface area contributed by atoms with Gasteiger partial charge in [0.05, 0.1) is 13.2 Å². The van der Waals surface area contributed by atoms with E-state index in [1.54, 1.807) is 6.92 Å². The van der Waals surface area contributed by atoms with Gasteiger partial charge in [0, 0.05) is 45.8 Å². The van der Waals surface area contributed by atoms with Crippen molar-refractivity contribution >= 4 is 11.8 Å². The van der Waals surface area contributed by atoms with Crippen molar-refractivity contribution in [3.05, 3.63) is 0 Å². The molecule has 19 heavy (non-hydrogen) atoms. The summed E-state index contributed by atoms with van der Waals surface area (Å²) in [5.74, 6) is -1.05. The molecule has 0 aromatic rings. The highest BCUT2D eigenvalue weighted by Gasteiger charge is 2.28. The zero-order chi connectivity index (χ0) is 14.3. The molecule has 0 aromatic carbocycles. The molecule has 0 atom stereocenters. The molecular weight excluding hydrogens is 250 g/mol. The largest absolute Gasteiger partial charge is 0.395 e. The number of carbonyl (C=O) groups excluding carboxylic acids is 2. The Hall–Kier alpha value is -1.18. The van der Waals surface area contributed by atoms with E-state index in [2.05, 4.69) is 4.90 Å². The third-order valence-electron chi connectivity index (χ3n) is 3.30. The molecule has 0 bridgehead atoms. The van der Waals surface area contributed by atoms with Gasteiger partial charge >= 0.3 is 11.8 Å². The van der Waals surface area contributed by atoms with Crippen molar-refractivity contribution < 1.29 is 19.8 Å². The molecule has 2 amide bonds. The molecule has 1 aliphatic heterocycles. The van der Waals surface area contributed by atoms with Crippen molar-refractivity contribution in [3.63, 3.8) is 0 Å². The number of rotatable bonds is 5. The minimum absolute atomic E-state index is 0.104. The predicted molar refractivity (Wildman–Crippen MR) is 69.4 cm³/mol. The number of hydrogen-bond donors (Lipinski definition) is 2. The highest BCUT2D eigenvalue weighted by atomic mass is 16.3. The van der Waals surface area contributed by atoms with E-state index in [9.17, 15) is 9.59 Å². The zero-order valence-corrected chi connectivity index (χ0v) is 11.4. The Kier molecular flexibility index (Phi) is 6.75. The smallest absolute Gasteiger partial charge is 0.312 e. The van der Waals surface area contributed by atoms with E-state index in [-0.39, 0.29) is 19.8 Å². The number of hydrogen-bond acceptors (Lipinski definition) is 5. The first-order valence-electron chi connectivity index (χ1n) is 6.66. The molecule has 1 fully saturated rings. The summed E-state index contributed by atoms with van der Waals surface area (Å²) in [5, 5.41) is 17.7. The van der Waals surface area contributed by atoms with Crippen LogP contribution in [0.25, 0.3) is 0 Å². The molecule has 0 aromatic heterocycles. The Balaban J connectivity index is 2.47. The van der Waals surface area contributed by atoms with Crippen LogP contribution in [-0.4, -0.2) is 95.8 Å². The second kappa shape index (κ2) is 8.08. The molecule has 0 saturated carbocycles. The van der Waals surface area contributed by atoms with Crippen LogP contribution in [0.15, 0.2) is 0 Å². The average molecular weight is 273 g/mol. The topological polar surface area (TPSA) is 84.3 Å². The fraction of sp³-hybridized carbons (Fsp3) is 0.833. The molecule has 2 N–H and O–H groups in total. The molecule has 7 heteroatoms. The van der Waals surface area contributed by atoms with Crippen LogP contribution in [0, 0.1) is 0 Å². The monoisotopic (exact) mass is 273 g/mol. The summed E-state index contributed by atoms with van der Waals surface area (Å²) in [7, 11) is 0. The number of aliphatic hydroxyl groups excluding tert-OH is 2. The Bertz CT molecular complexity index is 303. The molecule has 1 aliphatic rings. The molecule has 7 nitrogen and oxygen atoms in total. The molecule has 0 spiro atoms. The van der Waals surface area contributed by atoms with Gasteiger partial charge in [0.2, 0.25) is 0 Å². The van der Waals surface area contributed by atoms with Gasteiger partial charge in [-0.05, 0) is 6.92 Å². The molecule has 0 radical (unpaired) electrons. The maximum atomic E-state index is 12.0. The minimum atomic E-state index is -0.549. The molecule has 0 aliphatic carbocycles. The number of amides is 2.